The predicted molar refractivity (Wildman–Crippen MR) is 98.3 cm³/mol. The number of aliphatic imine (C=N–C) groups is 1. The molecule has 2 aliphatic rings. The second kappa shape index (κ2) is 7.43. The van der Waals surface area contributed by atoms with Crippen LogP contribution < -0.4 is 16.5 Å². The van der Waals surface area contributed by atoms with E-state index in [4.69, 9.17) is 11.1 Å². The van der Waals surface area contributed by atoms with E-state index >= 15 is 0 Å². The lowest BCUT2D eigenvalue weighted by Gasteiger charge is -2.28. The first-order valence-electron chi connectivity index (χ1n) is 7.99. The summed E-state index contributed by atoms with van der Waals surface area (Å²) in [7, 11) is 0. The van der Waals surface area contributed by atoms with E-state index in [2.05, 4.69) is 15.7 Å². The van der Waals surface area contributed by atoms with Gasteiger partial charge in [-0.3, -0.25) is 10.2 Å². The van der Waals surface area contributed by atoms with Crippen LogP contribution in [0.4, 0.5) is 13.2 Å². The van der Waals surface area contributed by atoms with Crippen LogP contribution in [0.3, 0.4) is 0 Å². The number of nitrogens with zero attached hydrogens (tertiary/aromatic N) is 2. The number of nitrogens with two attached hydrogens (primary N) is 1. The Hall–Kier alpha value is -3.82. The largest absolute Gasteiger partial charge is 0.417 e. The molecule has 0 atom stereocenters. The summed E-state index contributed by atoms with van der Waals surface area (Å²) in [6.45, 7) is 0. The third-order valence-corrected chi connectivity index (χ3v) is 3.81. The van der Waals surface area contributed by atoms with Crippen molar-refractivity contribution in [1.82, 2.24) is 15.8 Å². The summed E-state index contributed by atoms with van der Waals surface area (Å²) in [6, 6.07) is 5.13. The lowest BCUT2D eigenvalue weighted by atomic mass is 10.0. The second-order valence-corrected chi connectivity index (χ2v) is 5.66. The third-order valence-electron chi connectivity index (χ3n) is 3.81. The number of nitrogens with one attached hydrogen (secondary N) is 3. The van der Waals surface area contributed by atoms with Gasteiger partial charge in [0.15, 0.2) is 0 Å². The number of amides is 1. The van der Waals surface area contributed by atoms with Gasteiger partial charge in [0.05, 0.1) is 11.3 Å². The molecule has 1 amide bonds. The molecule has 0 spiro atoms. The third kappa shape index (κ3) is 3.80. The summed E-state index contributed by atoms with van der Waals surface area (Å²) in [4.78, 5) is 16.1. The van der Waals surface area contributed by atoms with E-state index in [1.54, 1.807) is 0 Å². The number of hydrogen-bond acceptors (Lipinski definition) is 5. The molecule has 0 aromatic heterocycles. The molecule has 0 fully saturated rings. The van der Waals surface area contributed by atoms with Gasteiger partial charge in [0.2, 0.25) is 0 Å². The molecule has 2 heterocycles. The normalized spacial score (nSPS) is 16.6. The number of carbonyl (C=O) groups is 1. The molecule has 10 heteroatoms. The number of alkyl halides is 3. The molecular formula is C18H15F3N6O. The fourth-order valence-electron chi connectivity index (χ4n) is 2.60. The molecule has 3 rings (SSSR count). The van der Waals surface area contributed by atoms with Crippen LogP contribution in [0.5, 0.6) is 0 Å². The van der Waals surface area contributed by atoms with Gasteiger partial charge in [0, 0.05) is 18.0 Å². The van der Waals surface area contributed by atoms with Gasteiger partial charge in [0.25, 0.3) is 5.91 Å². The Labute approximate surface area is 157 Å². The van der Waals surface area contributed by atoms with E-state index in [9.17, 15) is 18.0 Å². The quantitative estimate of drug-likeness (QED) is 0.468. The van der Waals surface area contributed by atoms with Crippen molar-refractivity contribution in [2.45, 2.75) is 6.18 Å². The summed E-state index contributed by atoms with van der Waals surface area (Å²) in [5, 5.41) is 11.0. The number of carbonyl (C=O) groups excluding carboxylic acids is 1. The van der Waals surface area contributed by atoms with Gasteiger partial charge < -0.3 is 16.5 Å². The van der Waals surface area contributed by atoms with Crippen molar-refractivity contribution in [1.29, 1.82) is 5.41 Å². The number of rotatable bonds is 4. The average Bonchev–Trinajstić information content (AvgIpc) is 3.09. The van der Waals surface area contributed by atoms with E-state index in [-0.39, 0.29) is 22.8 Å². The summed E-state index contributed by atoms with van der Waals surface area (Å²) < 4.78 is 39.9. The van der Waals surface area contributed by atoms with Crippen LogP contribution in [-0.4, -0.2) is 23.0 Å². The molecule has 0 unspecified atom stereocenters. The number of allylic oxidation sites excluding steroid dienone is 3. The van der Waals surface area contributed by atoms with Crippen molar-refractivity contribution in [2.24, 2.45) is 10.7 Å². The van der Waals surface area contributed by atoms with Crippen molar-refractivity contribution in [2.75, 3.05) is 0 Å². The zero-order valence-corrected chi connectivity index (χ0v) is 14.3. The Morgan fingerprint density at radius 3 is 2.71 bits per heavy atom. The van der Waals surface area contributed by atoms with E-state index in [1.807, 2.05) is 0 Å². The van der Waals surface area contributed by atoms with Gasteiger partial charge in [-0.2, -0.15) is 18.2 Å². The van der Waals surface area contributed by atoms with Crippen molar-refractivity contribution in [3.63, 3.8) is 0 Å². The minimum Gasteiger partial charge on any atom is -0.384 e. The van der Waals surface area contributed by atoms with E-state index in [0.29, 0.717) is 5.82 Å². The molecule has 7 nitrogen and oxygen atoms in total. The highest BCUT2D eigenvalue weighted by Crippen LogP contribution is 2.35. The maximum Gasteiger partial charge on any atom is 0.417 e. The van der Waals surface area contributed by atoms with E-state index in [1.165, 1.54) is 53.7 Å². The Morgan fingerprint density at radius 1 is 1.25 bits per heavy atom. The highest BCUT2D eigenvalue weighted by molar-refractivity contribution is 6.06. The average molecular weight is 388 g/mol. The minimum atomic E-state index is -4.53. The van der Waals surface area contributed by atoms with Gasteiger partial charge in [0.1, 0.15) is 17.4 Å². The first-order valence-corrected chi connectivity index (χ1v) is 7.99. The number of fused-ring (bicyclic) bond motifs is 1. The topological polar surface area (TPSA) is 107 Å². The number of hydrazine groups is 1. The van der Waals surface area contributed by atoms with Gasteiger partial charge in [-0.05, 0) is 30.4 Å². The van der Waals surface area contributed by atoms with E-state index in [0.717, 1.165) is 12.3 Å². The molecule has 0 aliphatic carbocycles. The van der Waals surface area contributed by atoms with Crippen LogP contribution >= 0.6 is 0 Å². The molecule has 0 bridgehead atoms. The standard InChI is InChI=1S/C18H15F3N6O/c19-18(20,21)12-5-2-1-4-11(12)13-7-8-16-24-10-14(27(16)26-13)17(28)25-15(23)6-3-9-22/h1-10,22,24,26H,(H2,23,25,28)/b6-3-,22-9?. The second-order valence-electron chi connectivity index (χ2n) is 5.66. The van der Waals surface area contributed by atoms with Crippen molar-refractivity contribution < 1.29 is 18.0 Å². The van der Waals surface area contributed by atoms with Gasteiger partial charge in [-0.15, -0.1) is 0 Å². The van der Waals surface area contributed by atoms with Crippen LogP contribution in [0, 0.1) is 5.41 Å². The van der Waals surface area contributed by atoms with Crippen molar-refractivity contribution in [3.8, 4) is 0 Å². The molecule has 0 saturated carbocycles. The summed E-state index contributed by atoms with van der Waals surface area (Å²) in [5.41, 5.74) is 7.75. The Balaban J connectivity index is 1.87. The fraction of sp³-hybridized carbons (Fsp3) is 0.0556. The molecule has 5 N–H and O–H groups in total. The molecule has 0 radical (unpaired) electrons. The van der Waals surface area contributed by atoms with Crippen LogP contribution in [0.2, 0.25) is 0 Å². The zero-order valence-electron chi connectivity index (χ0n) is 14.3. The predicted octanol–water partition coefficient (Wildman–Crippen LogP) is 2.24. The van der Waals surface area contributed by atoms with Crippen LogP contribution in [0.25, 0.3) is 5.70 Å². The monoisotopic (exact) mass is 388 g/mol. The lowest BCUT2D eigenvalue weighted by Crippen LogP contribution is -2.39. The smallest absolute Gasteiger partial charge is 0.384 e. The lowest BCUT2D eigenvalue weighted by molar-refractivity contribution is -0.137. The van der Waals surface area contributed by atoms with Crippen molar-refractivity contribution >= 4 is 23.7 Å². The number of hydrogen-bond donors (Lipinski definition) is 4. The molecule has 1 aromatic carbocycles. The maximum absolute atomic E-state index is 13.3. The molecular weight excluding hydrogens is 373 g/mol. The first kappa shape index (κ1) is 19.0. The van der Waals surface area contributed by atoms with Crippen LogP contribution in [0.1, 0.15) is 11.1 Å². The summed E-state index contributed by atoms with van der Waals surface area (Å²) in [6.07, 6.45) is 3.41. The number of halogens is 3. The first-order chi connectivity index (χ1) is 13.3. The molecule has 144 valence electrons. The van der Waals surface area contributed by atoms with Crippen LogP contribution in [-0.2, 0) is 11.0 Å². The molecule has 2 aliphatic heterocycles. The molecule has 28 heavy (non-hydrogen) atoms. The van der Waals surface area contributed by atoms with Gasteiger partial charge in [-0.25, -0.2) is 5.01 Å². The molecule has 1 aromatic rings. The number of benzene rings is 1. The van der Waals surface area contributed by atoms with Crippen molar-refractivity contribution in [3.05, 3.63) is 77.4 Å². The zero-order chi connectivity index (χ0) is 20.3. The summed E-state index contributed by atoms with van der Waals surface area (Å²) >= 11 is 0. The Morgan fingerprint density at radius 2 is 2.00 bits per heavy atom. The highest BCUT2D eigenvalue weighted by atomic mass is 19.4. The Bertz CT molecular complexity index is 972. The number of amidine groups is 1. The van der Waals surface area contributed by atoms with Gasteiger partial charge >= 0.3 is 6.18 Å². The highest BCUT2D eigenvalue weighted by Gasteiger charge is 2.35. The fourth-order valence-corrected chi connectivity index (χ4v) is 2.60. The maximum atomic E-state index is 13.3. The van der Waals surface area contributed by atoms with E-state index < -0.39 is 17.6 Å². The van der Waals surface area contributed by atoms with Gasteiger partial charge in [-0.1, -0.05) is 18.2 Å². The SMILES string of the molecule is N=C/C=C\C(N)=NC(=O)C1=CNC2=CC=C(c3ccccc3C(F)(F)F)NN21. The van der Waals surface area contributed by atoms with Crippen LogP contribution in [0.15, 0.2) is 71.3 Å². The molecule has 0 saturated heterocycles. The Kier molecular flexibility index (Phi) is 5.03. The minimum absolute atomic E-state index is 0.0487. The summed E-state index contributed by atoms with van der Waals surface area (Å²) in [5.74, 6) is -0.372.